The summed E-state index contributed by atoms with van der Waals surface area (Å²) >= 11 is 0. The average Bonchev–Trinajstić information content (AvgIpc) is 3.23. The zero-order valence-corrected chi connectivity index (χ0v) is 13.6. The summed E-state index contributed by atoms with van der Waals surface area (Å²) in [5.41, 5.74) is 1.87. The van der Waals surface area contributed by atoms with Crippen molar-refractivity contribution in [3.63, 3.8) is 0 Å². The molecule has 1 aromatic carbocycles. The van der Waals surface area contributed by atoms with Gasteiger partial charge in [-0.1, -0.05) is 12.1 Å². The lowest BCUT2D eigenvalue weighted by atomic mass is 10.2. The van der Waals surface area contributed by atoms with Gasteiger partial charge in [0.2, 0.25) is 5.91 Å². The van der Waals surface area contributed by atoms with Crippen molar-refractivity contribution in [1.82, 2.24) is 5.32 Å². The van der Waals surface area contributed by atoms with E-state index >= 15 is 0 Å². The molecule has 126 valence electrons. The van der Waals surface area contributed by atoms with Crippen molar-refractivity contribution < 1.29 is 18.7 Å². The second kappa shape index (κ2) is 7.31. The Hall–Kier alpha value is -2.60. The highest BCUT2D eigenvalue weighted by molar-refractivity contribution is 5.95. The molecule has 3 rings (SSSR count). The van der Waals surface area contributed by atoms with Crippen molar-refractivity contribution in [2.24, 2.45) is 0 Å². The fraction of sp³-hybridized carbons (Fsp3) is 0.333. The van der Waals surface area contributed by atoms with E-state index in [0.717, 1.165) is 24.2 Å². The van der Waals surface area contributed by atoms with Crippen molar-refractivity contribution in [2.75, 3.05) is 18.6 Å². The Balaban J connectivity index is 1.56. The minimum absolute atomic E-state index is 0.167. The van der Waals surface area contributed by atoms with Crippen LogP contribution in [0, 0.1) is 0 Å². The summed E-state index contributed by atoms with van der Waals surface area (Å²) in [7, 11) is 1.57. The third-order valence-corrected chi connectivity index (χ3v) is 3.95. The van der Waals surface area contributed by atoms with Gasteiger partial charge in [0, 0.05) is 32.3 Å². The van der Waals surface area contributed by atoms with E-state index in [9.17, 15) is 9.59 Å². The molecule has 0 unspecified atom stereocenters. The number of anilines is 1. The standard InChI is InChI=1S/C18H20N2O4/c1-23-12-15-8-9-16(24-15)18(22)19-11-13-4-6-14(7-5-13)20-10-2-3-17(20)21/h4-9H,2-3,10-12H2,1H3,(H,19,22). The summed E-state index contributed by atoms with van der Waals surface area (Å²) in [6, 6.07) is 11.0. The number of ether oxygens (including phenoxy) is 1. The molecule has 1 fully saturated rings. The summed E-state index contributed by atoms with van der Waals surface area (Å²) in [4.78, 5) is 25.6. The third kappa shape index (κ3) is 3.65. The lowest BCUT2D eigenvalue weighted by Crippen LogP contribution is -2.24. The highest BCUT2D eigenvalue weighted by Crippen LogP contribution is 2.21. The largest absolute Gasteiger partial charge is 0.453 e. The maximum absolute atomic E-state index is 12.1. The van der Waals surface area contributed by atoms with E-state index < -0.39 is 0 Å². The first-order chi connectivity index (χ1) is 11.7. The van der Waals surface area contributed by atoms with Gasteiger partial charge in [-0.3, -0.25) is 9.59 Å². The molecule has 0 spiro atoms. The van der Waals surface area contributed by atoms with Crippen LogP contribution in [0.3, 0.4) is 0 Å². The molecular weight excluding hydrogens is 308 g/mol. The van der Waals surface area contributed by atoms with E-state index in [-0.39, 0.29) is 17.6 Å². The van der Waals surface area contributed by atoms with Gasteiger partial charge < -0.3 is 19.4 Å². The van der Waals surface area contributed by atoms with Crippen LogP contribution in [-0.4, -0.2) is 25.5 Å². The van der Waals surface area contributed by atoms with Gasteiger partial charge in [0.25, 0.3) is 5.91 Å². The van der Waals surface area contributed by atoms with Gasteiger partial charge in [-0.05, 0) is 36.2 Å². The van der Waals surface area contributed by atoms with Crippen LogP contribution in [0.2, 0.25) is 0 Å². The van der Waals surface area contributed by atoms with Crippen LogP contribution < -0.4 is 10.2 Å². The number of methoxy groups -OCH3 is 1. The minimum Gasteiger partial charge on any atom is -0.453 e. The van der Waals surface area contributed by atoms with Crippen molar-refractivity contribution in [3.05, 3.63) is 53.5 Å². The first-order valence-electron chi connectivity index (χ1n) is 7.92. The Labute approximate surface area is 140 Å². The number of benzene rings is 1. The van der Waals surface area contributed by atoms with Crippen LogP contribution in [0.4, 0.5) is 5.69 Å². The van der Waals surface area contributed by atoms with Gasteiger partial charge in [0.1, 0.15) is 12.4 Å². The molecule has 0 radical (unpaired) electrons. The van der Waals surface area contributed by atoms with Gasteiger partial charge in [-0.2, -0.15) is 0 Å². The smallest absolute Gasteiger partial charge is 0.287 e. The van der Waals surface area contributed by atoms with E-state index in [1.165, 1.54) is 0 Å². The highest BCUT2D eigenvalue weighted by Gasteiger charge is 2.21. The van der Waals surface area contributed by atoms with Crippen LogP contribution in [0.1, 0.15) is 34.7 Å². The summed E-state index contributed by atoms with van der Waals surface area (Å²) in [6.45, 7) is 1.51. The number of carbonyl (C=O) groups excluding carboxylic acids is 2. The van der Waals surface area contributed by atoms with Crippen molar-refractivity contribution in [1.29, 1.82) is 0 Å². The molecule has 1 aromatic heterocycles. The molecule has 1 N–H and O–H groups in total. The van der Waals surface area contributed by atoms with E-state index in [1.54, 1.807) is 24.1 Å². The lowest BCUT2D eigenvalue weighted by Gasteiger charge is -2.16. The van der Waals surface area contributed by atoms with Crippen LogP contribution in [0.5, 0.6) is 0 Å². The first-order valence-corrected chi connectivity index (χ1v) is 7.92. The number of furan rings is 1. The zero-order chi connectivity index (χ0) is 16.9. The van der Waals surface area contributed by atoms with Crippen LogP contribution >= 0.6 is 0 Å². The molecule has 24 heavy (non-hydrogen) atoms. The van der Waals surface area contributed by atoms with Crippen molar-refractivity contribution >= 4 is 17.5 Å². The Morgan fingerprint density at radius 1 is 1.25 bits per heavy atom. The molecule has 1 saturated heterocycles. The fourth-order valence-electron chi connectivity index (χ4n) is 2.70. The number of nitrogens with zero attached hydrogens (tertiary/aromatic N) is 1. The summed E-state index contributed by atoms with van der Waals surface area (Å²) in [5, 5.41) is 2.81. The quantitative estimate of drug-likeness (QED) is 0.884. The number of hydrogen-bond donors (Lipinski definition) is 1. The van der Waals surface area contributed by atoms with Gasteiger partial charge in [0.15, 0.2) is 5.76 Å². The summed E-state index contributed by atoms with van der Waals surface area (Å²) in [6.07, 6.45) is 1.52. The van der Waals surface area contributed by atoms with Crippen LogP contribution in [0.25, 0.3) is 0 Å². The van der Waals surface area contributed by atoms with Gasteiger partial charge >= 0.3 is 0 Å². The number of hydrogen-bond acceptors (Lipinski definition) is 4. The molecule has 1 aliphatic heterocycles. The molecule has 2 heterocycles. The van der Waals surface area contributed by atoms with E-state index in [4.69, 9.17) is 9.15 Å². The minimum atomic E-state index is -0.267. The predicted octanol–water partition coefficient (Wildman–Crippen LogP) is 2.48. The van der Waals surface area contributed by atoms with Crippen molar-refractivity contribution in [2.45, 2.75) is 26.0 Å². The maximum Gasteiger partial charge on any atom is 0.287 e. The Bertz CT molecular complexity index is 721. The third-order valence-electron chi connectivity index (χ3n) is 3.95. The first kappa shape index (κ1) is 16.3. The van der Waals surface area contributed by atoms with Gasteiger partial charge in [-0.25, -0.2) is 0 Å². The number of amides is 2. The summed E-state index contributed by atoms with van der Waals surface area (Å²) in [5.74, 6) is 0.778. The molecular formula is C18H20N2O4. The molecule has 2 amide bonds. The predicted molar refractivity (Wildman–Crippen MR) is 88.6 cm³/mol. The second-order valence-electron chi connectivity index (χ2n) is 5.70. The molecule has 6 heteroatoms. The summed E-state index contributed by atoms with van der Waals surface area (Å²) < 4.78 is 10.3. The number of carbonyl (C=O) groups is 2. The Morgan fingerprint density at radius 2 is 2.04 bits per heavy atom. The zero-order valence-electron chi connectivity index (χ0n) is 13.6. The number of rotatable bonds is 6. The average molecular weight is 328 g/mol. The van der Waals surface area contributed by atoms with Crippen LogP contribution in [-0.2, 0) is 22.7 Å². The highest BCUT2D eigenvalue weighted by atomic mass is 16.5. The maximum atomic E-state index is 12.1. The Morgan fingerprint density at radius 3 is 2.71 bits per heavy atom. The van der Waals surface area contributed by atoms with E-state index in [0.29, 0.717) is 25.3 Å². The second-order valence-corrected chi connectivity index (χ2v) is 5.70. The SMILES string of the molecule is COCc1ccc(C(=O)NCc2ccc(N3CCCC3=O)cc2)o1. The molecule has 0 atom stereocenters. The van der Waals surface area contributed by atoms with Crippen LogP contribution in [0.15, 0.2) is 40.8 Å². The van der Waals surface area contributed by atoms with Gasteiger partial charge in [0.05, 0.1) is 0 Å². The molecule has 2 aromatic rings. The van der Waals surface area contributed by atoms with Gasteiger partial charge in [-0.15, -0.1) is 0 Å². The number of nitrogens with one attached hydrogen (secondary N) is 1. The monoisotopic (exact) mass is 328 g/mol. The molecule has 0 aliphatic carbocycles. The topological polar surface area (TPSA) is 71.8 Å². The Kier molecular flexibility index (Phi) is 4.96. The normalized spacial score (nSPS) is 14.2. The molecule has 1 aliphatic rings. The molecule has 6 nitrogen and oxygen atoms in total. The fourth-order valence-corrected chi connectivity index (χ4v) is 2.70. The lowest BCUT2D eigenvalue weighted by molar-refractivity contribution is -0.117. The van der Waals surface area contributed by atoms with Crippen molar-refractivity contribution in [3.8, 4) is 0 Å². The van der Waals surface area contributed by atoms with E-state index in [2.05, 4.69) is 5.32 Å². The molecule has 0 saturated carbocycles. The molecule has 0 bridgehead atoms. The van der Waals surface area contributed by atoms with E-state index in [1.807, 2.05) is 24.3 Å².